The Labute approximate surface area is 174 Å². The highest BCUT2D eigenvalue weighted by molar-refractivity contribution is 14.0. The Kier molecular flexibility index (Phi) is 10.9. The Morgan fingerprint density at radius 3 is 2.56 bits per heavy atom. The number of aromatic nitrogens is 1. The molecule has 0 bridgehead atoms. The highest BCUT2D eigenvalue weighted by Gasteiger charge is 2.18. The lowest BCUT2D eigenvalue weighted by Gasteiger charge is -2.32. The average Bonchev–Trinajstić information content (AvgIpc) is 2.90. The van der Waals surface area contributed by atoms with Crippen molar-refractivity contribution in [1.29, 1.82) is 0 Å². The molecule has 1 saturated heterocycles. The highest BCUT2D eigenvalue weighted by atomic mass is 127. The zero-order chi connectivity index (χ0) is 17.4. The third kappa shape index (κ3) is 7.78. The fraction of sp³-hybridized carbons (Fsp3) is 0.778. The first-order chi connectivity index (χ1) is 11.6. The van der Waals surface area contributed by atoms with Gasteiger partial charge in [-0.15, -0.1) is 35.3 Å². The molecule has 0 amide bonds. The van der Waals surface area contributed by atoms with Gasteiger partial charge < -0.3 is 15.5 Å². The molecule has 1 fully saturated rings. The summed E-state index contributed by atoms with van der Waals surface area (Å²) in [6, 6.07) is 0. The van der Waals surface area contributed by atoms with E-state index in [0.29, 0.717) is 0 Å². The van der Waals surface area contributed by atoms with Crippen molar-refractivity contribution in [3.8, 4) is 0 Å². The van der Waals surface area contributed by atoms with Crippen molar-refractivity contribution in [2.75, 3.05) is 39.8 Å². The summed E-state index contributed by atoms with van der Waals surface area (Å²) in [4.78, 5) is 12.8. The van der Waals surface area contributed by atoms with Crippen molar-refractivity contribution in [3.05, 3.63) is 15.6 Å². The predicted molar refractivity (Wildman–Crippen MR) is 120 cm³/mol. The number of piperidine rings is 1. The van der Waals surface area contributed by atoms with E-state index in [1.807, 2.05) is 7.05 Å². The number of guanidine groups is 1. The molecule has 2 rings (SSSR count). The van der Waals surface area contributed by atoms with Crippen LogP contribution in [0.15, 0.2) is 4.99 Å². The number of nitrogens with zero attached hydrogens (tertiary/aromatic N) is 3. The van der Waals surface area contributed by atoms with Gasteiger partial charge in [0, 0.05) is 31.4 Å². The van der Waals surface area contributed by atoms with Gasteiger partial charge in [-0.2, -0.15) is 0 Å². The molecular formula is C18H34IN5S. The number of aryl methyl sites for hydroxylation is 2. The second-order valence-corrected chi connectivity index (χ2v) is 7.95. The number of aliphatic imine (C=N–C) groups is 1. The van der Waals surface area contributed by atoms with Crippen LogP contribution < -0.4 is 10.6 Å². The maximum Gasteiger partial charge on any atom is 0.190 e. The van der Waals surface area contributed by atoms with Gasteiger partial charge in [0.25, 0.3) is 0 Å². The summed E-state index contributed by atoms with van der Waals surface area (Å²) in [5, 5.41) is 8.11. The molecule has 0 aliphatic carbocycles. The monoisotopic (exact) mass is 479 g/mol. The van der Waals surface area contributed by atoms with Gasteiger partial charge in [0.2, 0.25) is 0 Å². The van der Waals surface area contributed by atoms with Gasteiger partial charge in [-0.3, -0.25) is 4.99 Å². The molecule has 5 nitrogen and oxygen atoms in total. The van der Waals surface area contributed by atoms with Crippen LogP contribution in [0.4, 0.5) is 0 Å². The zero-order valence-corrected chi connectivity index (χ0v) is 19.2. The molecule has 0 spiro atoms. The highest BCUT2D eigenvalue weighted by Crippen LogP contribution is 2.17. The van der Waals surface area contributed by atoms with Crippen molar-refractivity contribution in [2.24, 2.45) is 10.9 Å². The maximum absolute atomic E-state index is 4.59. The molecule has 0 unspecified atom stereocenters. The van der Waals surface area contributed by atoms with E-state index in [1.54, 1.807) is 11.3 Å². The summed E-state index contributed by atoms with van der Waals surface area (Å²) in [5.41, 5.74) is 1.16. The van der Waals surface area contributed by atoms with Crippen molar-refractivity contribution in [3.63, 3.8) is 0 Å². The Morgan fingerprint density at radius 1 is 1.28 bits per heavy atom. The second kappa shape index (κ2) is 12.1. The molecule has 0 radical (unpaired) electrons. The number of rotatable bonds is 7. The van der Waals surface area contributed by atoms with Crippen molar-refractivity contribution in [1.82, 2.24) is 20.5 Å². The molecule has 1 aliphatic heterocycles. The van der Waals surface area contributed by atoms with Gasteiger partial charge >= 0.3 is 0 Å². The standard InChI is InChI=1S/C18H33N5S.HI/c1-5-10-23-11-7-16(8-12-23)13-21-18(19-4)20-9-6-17-22-14(2)15(3)24-17;/h16H,5-13H2,1-4H3,(H2,19,20,21);1H. The number of hydrogen-bond acceptors (Lipinski definition) is 4. The molecular weight excluding hydrogens is 445 g/mol. The second-order valence-electron chi connectivity index (χ2n) is 6.66. The first-order valence-electron chi connectivity index (χ1n) is 9.22. The van der Waals surface area contributed by atoms with Crippen LogP contribution in [0.1, 0.15) is 41.8 Å². The van der Waals surface area contributed by atoms with Crippen LogP contribution in [0.25, 0.3) is 0 Å². The molecule has 25 heavy (non-hydrogen) atoms. The van der Waals surface area contributed by atoms with E-state index in [0.717, 1.165) is 37.1 Å². The van der Waals surface area contributed by atoms with Gasteiger partial charge in [-0.05, 0) is 58.7 Å². The number of halogens is 1. The SMILES string of the molecule is CCCN1CCC(CNC(=NC)NCCc2nc(C)c(C)s2)CC1.I. The number of thiazole rings is 1. The first kappa shape index (κ1) is 22.6. The van der Waals surface area contributed by atoms with Crippen molar-refractivity contribution < 1.29 is 0 Å². The Balaban J connectivity index is 0.00000312. The Bertz CT molecular complexity index is 504. The van der Waals surface area contributed by atoms with Gasteiger partial charge in [-0.1, -0.05) is 6.92 Å². The largest absolute Gasteiger partial charge is 0.356 e. The molecule has 144 valence electrons. The molecule has 0 saturated carbocycles. The van der Waals surface area contributed by atoms with E-state index in [9.17, 15) is 0 Å². The molecule has 0 aromatic carbocycles. The number of hydrogen-bond donors (Lipinski definition) is 2. The van der Waals surface area contributed by atoms with Gasteiger partial charge in [0.15, 0.2) is 5.96 Å². The lowest BCUT2D eigenvalue weighted by molar-refractivity contribution is 0.185. The number of likely N-dealkylation sites (tertiary alicyclic amines) is 1. The lowest BCUT2D eigenvalue weighted by Crippen LogP contribution is -2.43. The van der Waals surface area contributed by atoms with Crippen molar-refractivity contribution >= 4 is 41.3 Å². The summed E-state index contributed by atoms with van der Waals surface area (Å²) in [6.07, 6.45) is 4.80. The van der Waals surface area contributed by atoms with Crippen LogP contribution in [0.3, 0.4) is 0 Å². The topological polar surface area (TPSA) is 52.5 Å². The van der Waals surface area contributed by atoms with E-state index in [-0.39, 0.29) is 24.0 Å². The van der Waals surface area contributed by atoms with Crippen LogP contribution in [-0.2, 0) is 6.42 Å². The smallest absolute Gasteiger partial charge is 0.190 e. The molecule has 1 aliphatic rings. The quantitative estimate of drug-likeness (QED) is 0.358. The Hall–Kier alpha value is -0.410. The fourth-order valence-corrected chi connectivity index (χ4v) is 4.06. The minimum Gasteiger partial charge on any atom is -0.356 e. The van der Waals surface area contributed by atoms with E-state index >= 15 is 0 Å². The van der Waals surface area contributed by atoms with Crippen molar-refractivity contribution in [2.45, 2.75) is 46.5 Å². The van der Waals surface area contributed by atoms with Crippen LogP contribution in [-0.4, -0.2) is 55.6 Å². The maximum atomic E-state index is 4.59. The molecule has 1 aromatic rings. The minimum atomic E-state index is 0. The fourth-order valence-electron chi connectivity index (χ4n) is 3.13. The third-order valence-electron chi connectivity index (χ3n) is 4.73. The minimum absolute atomic E-state index is 0. The third-order valence-corrected chi connectivity index (χ3v) is 5.87. The van der Waals surface area contributed by atoms with Crippen LogP contribution >= 0.6 is 35.3 Å². The van der Waals surface area contributed by atoms with Crippen LogP contribution in [0.2, 0.25) is 0 Å². The number of nitrogens with one attached hydrogen (secondary N) is 2. The summed E-state index contributed by atoms with van der Waals surface area (Å²) < 4.78 is 0. The normalized spacial score (nSPS) is 16.6. The molecule has 2 N–H and O–H groups in total. The Morgan fingerprint density at radius 2 is 2.00 bits per heavy atom. The molecule has 1 aromatic heterocycles. The first-order valence-corrected chi connectivity index (χ1v) is 10.0. The van der Waals surface area contributed by atoms with Gasteiger partial charge in [-0.25, -0.2) is 4.98 Å². The molecule has 7 heteroatoms. The molecule has 0 atom stereocenters. The van der Waals surface area contributed by atoms with Gasteiger partial charge in [0.1, 0.15) is 0 Å². The zero-order valence-electron chi connectivity index (χ0n) is 16.1. The van der Waals surface area contributed by atoms with E-state index in [4.69, 9.17) is 0 Å². The van der Waals surface area contributed by atoms with E-state index in [1.165, 1.54) is 48.8 Å². The predicted octanol–water partition coefficient (Wildman–Crippen LogP) is 3.21. The summed E-state index contributed by atoms with van der Waals surface area (Å²) in [6.45, 7) is 12.1. The summed E-state index contributed by atoms with van der Waals surface area (Å²) in [5.74, 6) is 1.68. The van der Waals surface area contributed by atoms with E-state index in [2.05, 4.69) is 46.3 Å². The van der Waals surface area contributed by atoms with Gasteiger partial charge in [0.05, 0.1) is 10.7 Å². The summed E-state index contributed by atoms with van der Waals surface area (Å²) in [7, 11) is 1.84. The van der Waals surface area contributed by atoms with Crippen LogP contribution in [0, 0.1) is 19.8 Å². The summed E-state index contributed by atoms with van der Waals surface area (Å²) >= 11 is 1.80. The van der Waals surface area contributed by atoms with Crippen LogP contribution in [0.5, 0.6) is 0 Å². The molecule has 2 heterocycles. The average molecular weight is 479 g/mol. The van der Waals surface area contributed by atoms with E-state index < -0.39 is 0 Å². The lowest BCUT2D eigenvalue weighted by atomic mass is 9.97.